The average molecular weight is 339 g/mol. The first-order valence-corrected chi connectivity index (χ1v) is 8.74. The second-order valence-corrected chi connectivity index (χ2v) is 7.24. The van der Waals surface area contributed by atoms with Crippen LogP contribution >= 0.6 is 0 Å². The Labute approximate surface area is 132 Å². The summed E-state index contributed by atoms with van der Waals surface area (Å²) in [5, 5.41) is 0. The normalized spacial score (nSPS) is 15.4. The lowest BCUT2D eigenvalue weighted by Gasteiger charge is -2.15. The first-order valence-electron chi connectivity index (χ1n) is 7.25. The first kappa shape index (κ1) is 15.8. The van der Waals surface area contributed by atoms with Crippen molar-refractivity contribution in [2.24, 2.45) is 7.05 Å². The highest BCUT2D eigenvalue weighted by atomic mass is 32.2. The van der Waals surface area contributed by atoms with Crippen LogP contribution in [0, 0.1) is 0 Å². The van der Waals surface area contributed by atoms with Crippen LogP contribution < -0.4 is 10.5 Å². The van der Waals surface area contributed by atoms with Crippen LogP contribution in [0.25, 0.3) is 11.1 Å². The molecule has 1 aliphatic rings. The highest BCUT2D eigenvalue weighted by Crippen LogP contribution is 2.18. The van der Waals surface area contributed by atoms with Gasteiger partial charge in [0.15, 0.2) is 5.58 Å². The Kier molecular flexibility index (Phi) is 3.99. The van der Waals surface area contributed by atoms with Gasteiger partial charge in [-0.15, -0.1) is 0 Å². The maximum Gasteiger partial charge on any atom is 0.419 e. The van der Waals surface area contributed by atoms with Crippen molar-refractivity contribution in [2.45, 2.75) is 17.7 Å². The highest BCUT2D eigenvalue weighted by molar-refractivity contribution is 7.89. The Morgan fingerprint density at radius 1 is 1.30 bits per heavy atom. The van der Waals surface area contributed by atoms with E-state index < -0.39 is 15.8 Å². The van der Waals surface area contributed by atoms with Crippen molar-refractivity contribution in [2.75, 3.05) is 19.6 Å². The van der Waals surface area contributed by atoms with Gasteiger partial charge in [0.2, 0.25) is 15.9 Å². The maximum absolute atomic E-state index is 12.3. The van der Waals surface area contributed by atoms with E-state index in [-0.39, 0.29) is 22.9 Å². The Bertz CT molecular complexity index is 906. The molecule has 0 saturated carbocycles. The fourth-order valence-corrected chi connectivity index (χ4v) is 3.59. The SMILES string of the molecule is Cn1c(=O)oc2cc(S(=O)(=O)NCC(=O)N3CCCC3)ccc21. The van der Waals surface area contributed by atoms with E-state index >= 15 is 0 Å². The van der Waals surface area contributed by atoms with Crippen molar-refractivity contribution in [3.8, 4) is 0 Å². The largest absolute Gasteiger partial charge is 0.419 e. The number of sulfonamides is 1. The third kappa shape index (κ3) is 3.02. The van der Waals surface area contributed by atoms with Crippen molar-refractivity contribution in [3.05, 3.63) is 28.7 Å². The van der Waals surface area contributed by atoms with Crippen LogP contribution in [0.3, 0.4) is 0 Å². The lowest BCUT2D eigenvalue weighted by molar-refractivity contribution is -0.128. The predicted octanol–water partition coefficient (Wildman–Crippen LogP) is 0.0322. The molecule has 1 N–H and O–H groups in total. The second-order valence-electron chi connectivity index (χ2n) is 5.47. The highest BCUT2D eigenvalue weighted by Gasteiger charge is 2.22. The standard InChI is InChI=1S/C14H17N3O5S/c1-16-11-5-4-10(8-12(11)22-14(16)19)23(20,21)15-9-13(18)17-6-2-3-7-17/h4-5,8,15H,2-3,6-7,9H2,1H3. The minimum atomic E-state index is -3.85. The topological polar surface area (TPSA) is 102 Å². The minimum Gasteiger partial charge on any atom is -0.408 e. The van der Waals surface area contributed by atoms with Gasteiger partial charge in [-0.05, 0) is 25.0 Å². The van der Waals surface area contributed by atoms with Crippen molar-refractivity contribution in [1.29, 1.82) is 0 Å². The number of likely N-dealkylation sites (tertiary alicyclic amines) is 1. The molecule has 8 nitrogen and oxygen atoms in total. The Morgan fingerprint density at radius 3 is 2.70 bits per heavy atom. The quantitative estimate of drug-likeness (QED) is 0.847. The molecule has 1 aromatic heterocycles. The van der Waals surface area contributed by atoms with E-state index in [1.807, 2.05) is 0 Å². The van der Waals surface area contributed by atoms with Crippen LogP contribution in [0.15, 0.2) is 32.3 Å². The number of hydrogen-bond donors (Lipinski definition) is 1. The molecule has 2 aromatic rings. The molecule has 0 atom stereocenters. The Hall–Kier alpha value is -2.13. The first-order chi connectivity index (χ1) is 10.9. The lowest BCUT2D eigenvalue weighted by atomic mass is 10.3. The van der Waals surface area contributed by atoms with E-state index in [2.05, 4.69) is 4.72 Å². The third-order valence-corrected chi connectivity index (χ3v) is 5.35. The number of hydrogen-bond acceptors (Lipinski definition) is 5. The van der Waals surface area contributed by atoms with Gasteiger partial charge in [-0.2, -0.15) is 0 Å². The van der Waals surface area contributed by atoms with Gasteiger partial charge in [0, 0.05) is 26.2 Å². The van der Waals surface area contributed by atoms with Gasteiger partial charge in [0.25, 0.3) is 0 Å². The zero-order valence-electron chi connectivity index (χ0n) is 12.6. The van der Waals surface area contributed by atoms with Crippen molar-refractivity contribution in [3.63, 3.8) is 0 Å². The molecule has 1 aliphatic heterocycles. The number of rotatable bonds is 4. The number of carbonyl (C=O) groups is 1. The molecule has 1 aromatic carbocycles. The smallest absolute Gasteiger partial charge is 0.408 e. The molecule has 0 spiro atoms. The third-order valence-electron chi connectivity index (χ3n) is 3.95. The molecular weight excluding hydrogens is 322 g/mol. The minimum absolute atomic E-state index is 0.0476. The second kappa shape index (κ2) is 5.82. The number of nitrogens with one attached hydrogen (secondary N) is 1. The van der Waals surface area contributed by atoms with Gasteiger partial charge in [-0.25, -0.2) is 17.9 Å². The van der Waals surface area contributed by atoms with Gasteiger partial charge in [0.1, 0.15) is 0 Å². The molecular formula is C14H17N3O5S. The monoisotopic (exact) mass is 339 g/mol. The fraction of sp³-hybridized carbons (Fsp3) is 0.429. The zero-order valence-corrected chi connectivity index (χ0v) is 13.4. The van der Waals surface area contributed by atoms with Crippen LogP contribution in [-0.2, 0) is 21.9 Å². The number of benzene rings is 1. The molecule has 0 unspecified atom stereocenters. The summed E-state index contributed by atoms with van der Waals surface area (Å²) >= 11 is 0. The summed E-state index contributed by atoms with van der Waals surface area (Å²) in [6.45, 7) is 1.06. The van der Waals surface area contributed by atoms with E-state index in [4.69, 9.17) is 4.42 Å². The van der Waals surface area contributed by atoms with Crippen molar-refractivity contribution >= 4 is 27.0 Å². The van der Waals surface area contributed by atoms with Gasteiger partial charge in [-0.3, -0.25) is 9.36 Å². The molecule has 1 saturated heterocycles. The van der Waals surface area contributed by atoms with Gasteiger partial charge in [0.05, 0.1) is 17.0 Å². The van der Waals surface area contributed by atoms with E-state index in [9.17, 15) is 18.0 Å². The number of aromatic nitrogens is 1. The van der Waals surface area contributed by atoms with Crippen LogP contribution in [0.1, 0.15) is 12.8 Å². The summed E-state index contributed by atoms with van der Waals surface area (Å²) in [6, 6.07) is 4.15. The summed E-state index contributed by atoms with van der Waals surface area (Å²) in [4.78, 5) is 25.0. The fourth-order valence-electron chi connectivity index (χ4n) is 2.60. The van der Waals surface area contributed by atoms with Gasteiger partial charge < -0.3 is 9.32 Å². The van der Waals surface area contributed by atoms with E-state index in [1.54, 1.807) is 4.90 Å². The number of amides is 1. The van der Waals surface area contributed by atoms with Gasteiger partial charge >= 0.3 is 5.76 Å². The molecule has 124 valence electrons. The van der Waals surface area contributed by atoms with E-state index in [1.165, 1.54) is 29.8 Å². The number of nitrogens with zero attached hydrogens (tertiary/aromatic N) is 2. The molecule has 3 rings (SSSR count). The molecule has 9 heteroatoms. The molecule has 1 fully saturated rings. The average Bonchev–Trinajstić information content (AvgIpc) is 3.14. The summed E-state index contributed by atoms with van der Waals surface area (Å²) in [5.41, 5.74) is 0.688. The summed E-state index contributed by atoms with van der Waals surface area (Å²) in [6.07, 6.45) is 1.89. The van der Waals surface area contributed by atoms with Crippen LogP contribution in [0.5, 0.6) is 0 Å². The summed E-state index contributed by atoms with van der Waals surface area (Å²) in [5.74, 6) is -0.801. The summed E-state index contributed by atoms with van der Waals surface area (Å²) < 4.78 is 33.1. The van der Waals surface area contributed by atoms with Crippen LogP contribution in [0.4, 0.5) is 0 Å². The Balaban J connectivity index is 1.79. The number of carbonyl (C=O) groups excluding carboxylic acids is 1. The van der Waals surface area contributed by atoms with E-state index in [0.717, 1.165) is 12.8 Å². The van der Waals surface area contributed by atoms with Crippen LogP contribution in [-0.4, -0.2) is 43.4 Å². The number of fused-ring (bicyclic) bond motifs is 1. The van der Waals surface area contributed by atoms with Gasteiger partial charge in [-0.1, -0.05) is 0 Å². The molecule has 0 bridgehead atoms. The molecule has 0 radical (unpaired) electrons. The zero-order chi connectivity index (χ0) is 16.6. The number of oxazole rings is 1. The van der Waals surface area contributed by atoms with Crippen LogP contribution in [0.2, 0.25) is 0 Å². The molecule has 1 amide bonds. The molecule has 2 heterocycles. The maximum atomic E-state index is 12.3. The predicted molar refractivity (Wildman–Crippen MR) is 82.5 cm³/mol. The molecule has 0 aliphatic carbocycles. The Morgan fingerprint density at radius 2 is 2.00 bits per heavy atom. The van der Waals surface area contributed by atoms with E-state index in [0.29, 0.717) is 18.6 Å². The van der Waals surface area contributed by atoms with Crippen molar-refractivity contribution < 1.29 is 17.6 Å². The number of aryl methyl sites for hydroxylation is 1. The van der Waals surface area contributed by atoms with Crippen molar-refractivity contribution in [1.82, 2.24) is 14.2 Å². The molecule has 23 heavy (non-hydrogen) atoms. The lowest BCUT2D eigenvalue weighted by Crippen LogP contribution is -2.38. The summed E-state index contributed by atoms with van der Waals surface area (Å²) in [7, 11) is -2.31.